The Bertz CT molecular complexity index is 1650. The van der Waals surface area contributed by atoms with Crippen molar-refractivity contribution in [3.63, 3.8) is 0 Å². The molecule has 10 heteroatoms. The van der Waals surface area contributed by atoms with Crippen molar-refractivity contribution in [1.29, 1.82) is 0 Å². The Hall–Kier alpha value is -3.53. The molecule has 0 saturated carbocycles. The van der Waals surface area contributed by atoms with Gasteiger partial charge in [-0.15, -0.1) is 0 Å². The molecule has 2 amide bonds. The van der Waals surface area contributed by atoms with Crippen molar-refractivity contribution in [1.82, 2.24) is 4.98 Å². The number of hydrogen-bond acceptors (Lipinski definition) is 7. The smallest absolute Gasteiger partial charge is 0.305 e. The molecule has 0 spiro atoms. The number of imide groups is 1. The largest absolute Gasteiger partial charge is 0.493 e. The van der Waals surface area contributed by atoms with Crippen molar-refractivity contribution in [3.05, 3.63) is 103 Å². The minimum absolute atomic E-state index is 0.225. The van der Waals surface area contributed by atoms with E-state index in [9.17, 15) is 14.4 Å². The molecule has 3 heterocycles. The molecule has 0 unspecified atom stereocenters. The molecule has 1 N–H and O–H groups in total. The molecule has 1 aromatic heterocycles. The van der Waals surface area contributed by atoms with Gasteiger partial charge in [0.15, 0.2) is 11.5 Å². The summed E-state index contributed by atoms with van der Waals surface area (Å²) in [4.78, 5) is 44.4. The molecule has 1 saturated heterocycles. The number of benzene rings is 3. The second kappa shape index (κ2) is 10.2. The maximum Gasteiger partial charge on any atom is 0.305 e. The van der Waals surface area contributed by atoms with Gasteiger partial charge in [-0.25, -0.2) is 4.90 Å². The van der Waals surface area contributed by atoms with E-state index < -0.39 is 17.1 Å². The summed E-state index contributed by atoms with van der Waals surface area (Å²) < 4.78 is 11.8. The molecule has 39 heavy (non-hydrogen) atoms. The Labute approximate surface area is 237 Å². The predicted octanol–water partition coefficient (Wildman–Crippen LogP) is 5.78. The van der Waals surface area contributed by atoms with Crippen LogP contribution in [-0.2, 0) is 16.2 Å². The maximum atomic E-state index is 13.9. The number of nitrogens with zero attached hydrogens (tertiary/aromatic N) is 1. The van der Waals surface area contributed by atoms with Crippen LogP contribution in [-0.4, -0.2) is 29.2 Å². The fourth-order valence-electron chi connectivity index (χ4n) is 5.15. The van der Waals surface area contributed by atoms with Crippen LogP contribution in [0, 0.1) is 12.8 Å². The summed E-state index contributed by atoms with van der Waals surface area (Å²) in [5.41, 5.74) is 3.43. The zero-order valence-electron chi connectivity index (χ0n) is 21.0. The minimum atomic E-state index is -0.694. The van der Waals surface area contributed by atoms with Gasteiger partial charge in [-0.2, -0.15) is 0 Å². The van der Waals surface area contributed by atoms with Gasteiger partial charge in [-0.1, -0.05) is 65.0 Å². The number of ether oxygens (including phenoxy) is 2. The number of aromatic nitrogens is 1. The van der Waals surface area contributed by atoms with Crippen LogP contribution in [0.1, 0.15) is 27.5 Å². The van der Waals surface area contributed by atoms with Gasteiger partial charge in [0.2, 0.25) is 11.8 Å². The van der Waals surface area contributed by atoms with Crippen molar-refractivity contribution in [2.45, 2.75) is 29.7 Å². The summed E-state index contributed by atoms with van der Waals surface area (Å²) in [5.74, 6) is -0.763. The molecular formula is C29H23ClN2O5S2. The molecule has 6 rings (SSSR count). The van der Waals surface area contributed by atoms with Crippen LogP contribution >= 0.6 is 34.7 Å². The molecule has 0 aliphatic carbocycles. The Morgan fingerprint density at radius 1 is 0.974 bits per heavy atom. The van der Waals surface area contributed by atoms with E-state index in [-0.39, 0.29) is 16.7 Å². The minimum Gasteiger partial charge on any atom is -0.493 e. The normalized spacial score (nSPS) is 20.1. The third kappa shape index (κ3) is 4.54. The number of halogens is 1. The lowest BCUT2D eigenvalue weighted by atomic mass is 9.83. The number of carbonyl (C=O) groups is 2. The lowest BCUT2D eigenvalue weighted by Gasteiger charge is -2.30. The summed E-state index contributed by atoms with van der Waals surface area (Å²) in [6, 6.07) is 20.2. The Morgan fingerprint density at radius 3 is 2.49 bits per heavy atom. The topological polar surface area (TPSA) is 88.7 Å². The highest BCUT2D eigenvalue weighted by molar-refractivity contribution is 8.00. The summed E-state index contributed by atoms with van der Waals surface area (Å²) >= 11 is 8.35. The number of fused-ring (bicyclic) bond motifs is 2. The van der Waals surface area contributed by atoms with Crippen LogP contribution in [0.15, 0.2) is 76.6 Å². The number of carbonyl (C=O) groups excluding carboxylic acids is 2. The number of aryl methyl sites for hydroxylation is 1. The number of hydrogen-bond donors (Lipinski definition) is 1. The first kappa shape index (κ1) is 25.7. The summed E-state index contributed by atoms with van der Waals surface area (Å²) in [5, 5.41) is 0.451. The van der Waals surface area contributed by atoms with E-state index in [0.717, 1.165) is 32.9 Å². The zero-order chi connectivity index (χ0) is 27.3. The number of aromatic amines is 1. The van der Waals surface area contributed by atoms with Crippen molar-refractivity contribution >= 4 is 52.2 Å². The van der Waals surface area contributed by atoms with Gasteiger partial charge in [0.25, 0.3) is 0 Å². The number of thioether (sulfide) groups is 1. The van der Waals surface area contributed by atoms with Gasteiger partial charge in [0.05, 0.1) is 23.7 Å². The van der Waals surface area contributed by atoms with Crippen molar-refractivity contribution < 1.29 is 19.1 Å². The van der Waals surface area contributed by atoms with Gasteiger partial charge in [-0.05, 0) is 60.0 Å². The average Bonchev–Trinajstić information content (AvgIpc) is 3.43. The molecule has 3 atom stereocenters. The highest BCUT2D eigenvalue weighted by atomic mass is 35.5. The quantitative estimate of drug-likeness (QED) is 0.292. The fourth-order valence-corrected chi connectivity index (χ4v) is 7.79. The van der Waals surface area contributed by atoms with E-state index in [1.807, 2.05) is 49.4 Å². The molecule has 1 fully saturated rings. The summed E-state index contributed by atoms with van der Waals surface area (Å²) in [7, 11) is 1.56. The molecule has 2 aliphatic heterocycles. The van der Waals surface area contributed by atoms with E-state index in [0.29, 0.717) is 33.8 Å². The second-order valence-electron chi connectivity index (χ2n) is 9.36. The van der Waals surface area contributed by atoms with E-state index in [4.69, 9.17) is 21.1 Å². The van der Waals surface area contributed by atoms with Crippen LogP contribution in [0.4, 0.5) is 5.69 Å². The number of anilines is 1. The third-order valence-corrected chi connectivity index (χ3v) is 9.75. The van der Waals surface area contributed by atoms with Gasteiger partial charge in [-0.3, -0.25) is 14.4 Å². The Kier molecular flexibility index (Phi) is 6.74. The molecule has 7 nitrogen and oxygen atoms in total. The molecule has 4 aromatic rings. The first-order valence-corrected chi connectivity index (χ1v) is 14.3. The molecular weight excluding hydrogens is 556 g/mol. The van der Waals surface area contributed by atoms with Gasteiger partial charge < -0.3 is 14.5 Å². The SMILES string of the molecule is COc1cc([C@@H]2c3sc(=O)[nH]c3S[C@H]3C(=O)N(c4ccc(Cl)cc4)C(=O)[C@@H]23)ccc1OCc1ccccc1C. The van der Waals surface area contributed by atoms with Gasteiger partial charge in [0.1, 0.15) is 11.9 Å². The van der Waals surface area contributed by atoms with Crippen molar-refractivity contribution in [2.24, 2.45) is 5.92 Å². The number of methoxy groups -OCH3 is 1. The number of rotatable bonds is 6. The first-order valence-electron chi connectivity index (χ1n) is 12.2. The Morgan fingerprint density at radius 2 is 1.74 bits per heavy atom. The average molecular weight is 579 g/mol. The lowest BCUT2D eigenvalue weighted by molar-refractivity contribution is -0.122. The number of nitrogens with one attached hydrogen (secondary N) is 1. The van der Waals surface area contributed by atoms with E-state index in [2.05, 4.69) is 4.98 Å². The van der Waals surface area contributed by atoms with E-state index in [1.165, 1.54) is 16.7 Å². The van der Waals surface area contributed by atoms with Crippen LogP contribution in [0.2, 0.25) is 5.02 Å². The highest BCUT2D eigenvalue weighted by Crippen LogP contribution is 2.53. The molecule has 0 radical (unpaired) electrons. The maximum absolute atomic E-state index is 13.9. The monoisotopic (exact) mass is 578 g/mol. The highest BCUT2D eigenvalue weighted by Gasteiger charge is 2.56. The molecule has 2 aliphatic rings. The van der Waals surface area contributed by atoms with Crippen molar-refractivity contribution in [3.8, 4) is 11.5 Å². The summed E-state index contributed by atoms with van der Waals surface area (Å²) in [6.45, 7) is 2.41. The zero-order valence-corrected chi connectivity index (χ0v) is 23.4. The number of amides is 2. The summed E-state index contributed by atoms with van der Waals surface area (Å²) in [6.07, 6.45) is 0. The van der Waals surface area contributed by atoms with Gasteiger partial charge in [0, 0.05) is 15.8 Å². The third-order valence-electron chi connectivity index (χ3n) is 7.10. The van der Waals surface area contributed by atoms with Gasteiger partial charge >= 0.3 is 4.87 Å². The van der Waals surface area contributed by atoms with Crippen LogP contribution < -0.4 is 19.2 Å². The number of H-pyrrole nitrogens is 1. The molecule has 3 aromatic carbocycles. The second-order valence-corrected chi connectivity index (χ2v) is 12.0. The first-order chi connectivity index (χ1) is 18.9. The van der Waals surface area contributed by atoms with Crippen LogP contribution in [0.25, 0.3) is 0 Å². The van der Waals surface area contributed by atoms with Crippen LogP contribution in [0.3, 0.4) is 0 Å². The predicted molar refractivity (Wildman–Crippen MR) is 152 cm³/mol. The molecule has 198 valence electrons. The van der Waals surface area contributed by atoms with Crippen molar-refractivity contribution in [2.75, 3.05) is 12.0 Å². The lowest BCUT2D eigenvalue weighted by Crippen LogP contribution is -2.32. The van der Waals surface area contributed by atoms with E-state index in [1.54, 1.807) is 31.4 Å². The van der Waals surface area contributed by atoms with Crippen LogP contribution in [0.5, 0.6) is 11.5 Å². The molecule has 0 bridgehead atoms. The van der Waals surface area contributed by atoms with E-state index >= 15 is 0 Å². The Balaban J connectivity index is 1.38. The standard InChI is InChI=1S/C29H23ClN2O5S2/c1-15-5-3-4-6-17(15)14-37-20-12-7-16(13-21(20)36-2)22-23-25(38-26-24(22)39-29(35)31-26)28(34)32(27(23)33)19-10-8-18(30)9-11-19/h3-13,22-23,25H,14H2,1-2H3,(H,31,35)/t22-,23-,25+/m0/s1. The fraction of sp³-hybridized carbons (Fsp3) is 0.207. The number of thiazole rings is 1.